The van der Waals surface area contributed by atoms with Crippen LogP contribution in [0.3, 0.4) is 0 Å². The second kappa shape index (κ2) is 5.72. The molecule has 0 unspecified atom stereocenters. The summed E-state index contributed by atoms with van der Waals surface area (Å²) in [4.78, 5) is 13.0. The second-order valence-electron chi connectivity index (χ2n) is 4.52. The van der Waals surface area contributed by atoms with Crippen molar-refractivity contribution >= 4 is 11.7 Å². The van der Waals surface area contributed by atoms with Crippen molar-refractivity contribution in [3.05, 3.63) is 41.9 Å². The summed E-state index contributed by atoms with van der Waals surface area (Å²) in [5, 5.41) is 17.9. The zero-order chi connectivity index (χ0) is 15.5. The Morgan fingerprint density at radius 2 is 2.14 bits per heavy atom. The van der Waals surface area contributed by atoms with Crippen LogP contribution in [-0.2, 0) is 11.3 Å². The Morgan fingerprint density at radius 1 is 1.36 bits per heavy atom. The highest BCUT2D eigenvalue weighted by Gasteiger charge is 2.11. The van der Waals surface area contributed by atoms with Crippen molar-refractivity contribution in [3.8, 4) is 11.4 Å². The average Bonchev–Trinajstić information content (AvgIpc) is 3.09. The number of hydrogen-bond donors (Lipinski definition) is 1. The molecule has 9 heteroatoms. The van der Waals surface area contributed by atoms with Gasteiger partial charge in [-0.15, -0.1) is 10.2 Å². The first-order chi connectivity index (χ1) is 10.6. The van der Waals surface area contributed by atoms with Gasteiger partial charge in [-0.3, -0.25) is 4.79 Å². The number of aromatic nitrogens is 5. The van der Waals surface area contributed by atoms with E-state index in [1.54, 1.807) is 13.0 Å². The fourth-order valence-corrected chi connectivity index (χ4v) is 1.76. The SMILES string of the molecule is Cc1cc(NC(=O)Cn2nnc(-c3ccc(F)cc3)n2)no1. The summed E-state index contributed by atoms with van der Waals surface area (Å²) in [5.41, 5.74) is 0.611. The van der Waals surface area contributed by atoms with E-state index in [9.17, 15) is 9.18 Å². The van der Waals surface area contributed by atoms with Crippen LogP contribution < -0.4 is 5.32 Å². The molecule has 0 spiro atoms. The van der Waals surface area contributed by atoms with Crippen molar-refractivity contribution in [1.82, 2.24) is 25.4 Å². The van der Waals surface area contributed by atoms with Crippen LogP contribution in [0.25, 0.3) is 11.4 Å². The number of tetrazole rings is 1. The van der Waals surface area contributed by atoms with E-state index >= 15 is 0 Å². The molecule has 2 heterocycles. The van der Waals surface area contributed by atoms with Gasteiger partial charge in [0.1, 0.15) is 18.1 Å². The van der Waals surface area contributed by atoms with E-state index in [0.717, 1.165) is 4.80 Å². The van der Waals surface area contributed by atoms with E-state index in [1.807, 2.05) is 0 Å². The largest absolute Gasteiger partial charge is 0.360 e. The number of rotatable bonds is 4. The first kappa shape index (κ1) is 13.9. The maximum absolute atomic E-state index is 12.9. The van der Waals surface area contributed by atoms with Gasteiger partial charge in [0.05, 0.1) is 0 Å². The highest BCUT2D eigenvalue weighted by Crippen LogP contribution is 2.13. The van der Waals surface area contributed by atoms with Crippen LogP contribution >= 0.6 is 0 Å². The number of carbonyl (C=O) groups excluding carboxylic acids is 1. The highest BCUT2D eigenvalue weighted by molar-refractivity contribution is 5.89. The summed E-state index contributed by atoms with van der Waals surface area (Å²) < 4.78 is 17.7. The molecule has 0 aliphatic rings. The molecule has 0 aliphatic carbocycles. The van der Waals surface area contributed by atoms with Crippen molar-refractivity contribution in [1.29, 1.82) is 0 Å². The summed E-state index contributed by atoms with van der Waals surface area (Å²) >= 11 is 0. The number of amides is 1. The third-order valence-corrected chi connectivity index (χ3v) is 2.74. The number of benzene rings is 1. The van der Waals surface area contributed by atoms with Crippen molar-refractivity contribution in [2.45, 2.75) is 13.5 Å². The minimum Gasteiger partial charge on any atom is -0.360 e. The smallest absolute Gasteiger partial charge is 0.249 e. The molecule has 3 aromatic rings. The quantitative estimate of drug-likeness (QED) is 0.782. The molecule has 8 nitrogen and oxygen atoms in total. The molecule has 1 N–H and O–H groups in total. The zero-order valence-corrected chi connectivity index (χ0v) is 11.5. The van der Waals surface area contributed by atoms with E-state index in [4.69, 9.17) is 4.52 Å². The fraction of sp³-hybridized carbons (Fsp3) is 0.154. The van der Waals surface area contributed by atoms with E-state index < -0.39 is 0 Å². The zero-order valence-electron chi connectivity index (χ0n) is 11.5. The van der Waals surface area contributed by atoms with Gasteiger partial charge in [-0.2, -0.15) is 4.80 Å². The summed E-state index contributed by atoms with van der Waals surface area (Å²) in [6, 6.07) is 7.27. The Balaban J connectivity index is 1.66. The molecule has 1 aromatic carbocycles. The van der Waals surface area contributed by atoms with E-state index in [1.165, 1.54) is 24.3 Å². The van der Waals surface area contributed by atoms with Crippen LogP contribution in [0.5, 0.6) is 0 Å². The summed E-state index contributed by atoms with van der Waals surface area (Å²) in [5.74, 6) is 0.508. The number of nitrogens with one attached hydrogen (secondary N) is 1. The van der Waals surface area contributed by atoms with Crippen molar-refractivity contribution in [3.63, 3.8) is 0 Å². The Morgan fingerprint density at radius 3 is 2.82 bits per heavy atom. The van der Waals surface area contributed by atoms with Gasteiger partial charge >= 0.3 is 0 Å². The predicted octanol–water partition coefficient (Wildman–Crippen LogP) is 1.41. The van der Waals surface area contributed by atoms with Gasteiger partial charge in [-0.25, -0.2) is 4.39 Å². The Kier molecular flexibility index (Phi) is 3.60. The van der Waals surface area contributed by atoms with Gasteiger partial charge < -0.3 is 9.84 Å². The minimum absolute atomic E-state index is 0.125. The molecule has 0 fully saturated rings. The number of hydrogen-bond acceptors (Lipinski definition) is 6. The molecular formula is C13H11FN6O2. The molecule has 0 atom stereocenters. The van der Waals surface area contributed by atoms with Gasteiger partial charge in [-0.05, 0) is 36.4 Å². The van der Waals surface area contributed by atoms with Gasteiger partial charge in [0.15, 0.2) is 5.82 Å². The minimum atomic E-state index is -0.364. The Bertz CT molecular complexity index is 795. The topological polar surface area (TPSA) is 98.7 Å². The van der Waals surface area contributed by atoms with Crippen molar-refractivity contribution in [2.24, 2.45) is 0 Å². The maximum Gasteiger partial charge on any atom is 0.249 e. The van der Waals surface area contributed by atoms with Crippen molar-refractivity contribution in [2.75, 3.05) is 5.32 Å². The lowest BCUT2D eigenvalue weighted by molar-refractivity contribution is -0.117. The molecule has 0 bridgehead atoms. The molecule has 0 saturated carbocycles. The third-order valence-electron chi connectivity index (χ3n) is 2.74. The van der Waals surface area contributed by atoms with Gasteiger partial charge in [-0.1, -0.05) is 5.16 Å². The van der Waals surface area contributed by atoms with E-state index in [2.05, 4.69) is 25.9 Å². The second-order valence-corrected chi connectivity index (χ2v) is 4.52. The van der Waals surface area contributed by atoms with E-state index in [-0.39, 0.29) is 18.3 Å². The first-order valence-electron chi connectivity index (χ1n) is 6.37. The Hall–Kier alpha value is -3.10. The molecule has 0 saturated heterocycles. The van der Waals surface area contributed by atoms with Gasteiger partial charge in [0.25, 0.3) is 0 Å². The van der Waals surface area contributed by atoms with Crippen molar-refractivity contribution < 1.29 is 13.7 Å². The number of aryl methyl sites for hydroxylation is 1. The molecule has 1 amide bonds. The van der Waals surface area contributed by atoms with Gasteiger partial charge in [0, 0.05) is 11.6 Å². The number of nitrogens with zero attached hydrogens (tertiary/aromatic N) is 5. The predicted molar refractivity (Wildman–Crippen MR) is 73.1 cm³/mol. The summed E-state index contributed by atoms with van der Waals surface area (Å²) in [6.07, 6.45) is 0. The van der Waals surface area contributed by atoms with Crippen LogP contribution in [0, 0.1) is 12.7 Å². The average molecular weight is 302 g/mol. The van der Waals surface area contributed by atoms with Crippen LogP contribution in [0.4, 0.5) is 10.2 Å². The molecule has 22 heavy (non-hydrogen) atoms. The van der Waals surface area contributed by atoms with E-state index in [0.29, 0.717) is 23.0 Å². The summed E-state index contributed by atoms with van der Waals surface area (Å²) in [7, 11) is 0. The monoisotopic (exact) mass is 302 g/mol. The van der Waals surface area contributed by atoms with Crippen LogP contribution in [0.2, 0.25) is 0 Å². The van der Waals surface area contributed by atoms with Crippen LogP contribution in [0.1, 0.15) is 5.76 Å². The number of carbonyl (C=O) groups is 1. The molecule has 3 rings (SSSR count). The number of halogens is 1. The molecule has 0 radical (unpaired) electrons. The fourth-order valence-electron chi connectivity index (χ4n) is 1.76. The number of anilines is 1. The first-order valence-corrected chi connectivity index (χ1v) is 6.37. The Labute approximate surface area is 123 Å². The molecular weight excluding hydrogens is 291 g/mol. The third kappa shape index (κ3) is 3.14. The lowest BCUT2D eigenvalue weighted by Crippen LogP contribution is -2.20. The molecule has 112 valence electrons. The lowest BCUT2D eigenvalue weighted by atomic mass is 10.2. The normalized spacial score (nSPS) is 10.6. The summed E-state index contributed by atoms with van der Waals surface area (Å²) in [6.45, 7) is 1.59. The lowest BCUT2D eigenvalue weighted by Gasteiger charge is -1.99. The highest BCUT2D eigenvalue weighted by atomic mass is 19.1. The van der Waals surface area contributed by atoms with Crippen LogP contribution in [-0.4, -0.2) is 31.3 Å². The maximum atomic E-state index is 12.9. The van der Waals surface area contributed by atoms with Gasteiger partial charge in [0.2, 0.25) is 11.7 Å². The standard InChI is InChI=1S/C13H11FN6O2/c1-8-6-11(18-22-8)15-12(21)7-20-17-13(16-19-20)9-2-4-10(14)5-3-9/h2-6H,7H2,1H3,(H,15,18,21). The van der Waals surface area contributed by atoms with Crippen LogP contribution in [0.15, 0.2) is 34.9 Å². The molecule has 0 aliphatic heterocycles. The molecule has 2 aromatic heterocycles.